The van der Waals surface area contributed by atoms with Crippen LogP contribution < -0.4 is 5.32 Å². The molecule has 1 heterocycles. The van der Waals surface area contributed by atoms with Gasteiger partial charge in [0.1, 0.15) is 0 Å². The van der Waals surface area contributed by atoms with Crippen LogP contribution in [0.15, 0.2) is 18.2 Å². The van der Waals surface area contributed by atoms with Crippen molar-refractivity contribution in [3.8, 4) is 0 Å². The Morgan fingerprint density at radius 3 is 2.65 bits per heavy atom. The Kier molecular flexibility index (Phi) is 5.23. The molecule has 2 rings (SSSR count). The summed E-state index contributed by atoms with van der Waals surface area (Å²) in [5, 5.41) is 12.5. The summed E-state index contributed by atoms with van der Waals surface area (Å²) in [7, 11) is 0. The second-order valence-electron chi connectivity index (χ2n) is 4.94. The van der Waals surface area contributed by atoms with Gasteiger partial charge in [-0.25, -0.2) is 4.79 Å². The van der Waals surface area contributed by atoms with Gasteiger partial charge in [-0.2, -0.15) is 0 Å². The van der Waals surface area contributed by atoms with Crippen LogP contribution in [0.3, 0.4) is 0 Å². The van der Waals surface area contributed by atoms with Crippen LogP contribution in [0.25, 0.3) is 0 Å². The maximum absolute atomic E-state index is 12.2. The number of hydrogen-bond donors (Lipinski definition) is 2. The van der Waals surface area contributed by atoms with Crippen molar-refractivity contribution in [1.29, 1.82) is 0 Å². The highest BCUT2D eigenvalue weighted by molar-refractivity contribution is 6.30. The van der Waals surface area contributed by atoms with Gasteiger partial charge >= 0.3 is 6.03 Å². The number of aliphatic hydroxyl groups is 1. The van der Waals surface area contributed by atoms with Crippen LogP contribution in [0.2, 0.25) is 5.02 Å². The van der Waals surface area contributed by atoms with Crippen molar-refractivity contribution in [2.24, 2.45) is 0 Å². The SMILES string of the molecule is Cc1cc(Cl)ccc1NC(=O)N1CCN(CCO)CC1. The Labute approximate surface area is 124 Å². The fraction of sp³-hybridized carbons (Fsp3) is 0.500. The van der Waals surface area contributed by atoms with Gasteiger partial charge < -0.3 is 15.3 Å². The van der Waals surface area contributed by atoms with E-state index >= 15 is 0 Å². The van der Waals surface area contributed by atoms with Crippen molar-refractivity contribution >= 4 is 23.3 Å². The van der Waals surface area contributed by atoms with E-state index in [2.05, 4.69) is 10.2 Å². The van der Waals surface area contributed by atoms with Crippen molar-refractivity contribution in [2.45, 2.75) is 6.92 Å². The Hall–Kier alpha value is -1.30. The van der Waals surface area contributed by atoms with Crippen molar-refractivity contribution < 1.29 is 9.90 Å². The first-order valence-corrected chi connectivity index (χ1v) is 7.13. The number of rotatable bonds is 3. The zero-order valence-corrected chi connectivity index (χ0v) is 12.4. The number of carbonyl (C=O) groups excluding carboxylic acids is 1. The number of piperazine rings is 1. The number of aryl methyl sites for hydroxylation is 1. The lowest BCUT2D eigenvalue weighted by molar-refractivity contribution is 0.127. The first kappa shape index (κ1) is 15.1. The van der Waals surface area contributed by atoms with Gasteiger partial charge in [0.2, 0.25) is 0 Å². The highest BCUT2D eigenvalue weighted by atomic mass is 35.5. The summed E-state index contributed by atoms with van der Waals surface area (Å²) in [6.45, 7) is 5.71. The maximum atomic E-state index is 12.2. The molecule has 1 aliphatic heterocycles. The van der Waals surface area contributed by atoms with Gasteiger partial charge in [-0.3, -0.25) is 4.90 Å². The van der Waals surface area contributed by atoms with E-state index in [9.17, 15) is 4.79 Å². The average Bonchev–Trinajstić information content (AvgIpc) is 2.43. The molecule has 1 aromatic rings. The summed E-state index contributed by atoms with van der Waals surface area (Å²) in [4.78, 5) is 16.1. The lowest BCUT2D eigenvalue weighted by atomic mass is 10.2. The van der Waals surface area contributed by atoms with E-state index in [1.807, 2.05) is 19.1 Å². The molecule has 2 amide bonds. The van der Waals surface area contributed by atoms with Gasteiger partial charge in [-0.15, -0.1) is 0 Å². The molecule has 0 radical (unpaired) electrons. The third-order valence-electron chi connectivity index (χ3n) is 3.51. The number of nitrogens with one attached hydrogen (secondary N) is 1. The second-order valence-corrected chi connectivity index (χ2v) is 5.38. The highest BCUT2D eigenvalue weighted by Gasteiger charge is 2.20. The smallest absolute Gasteiger partial charge is 0.321 e. The Balaban J connectivity index is 1.89. The zero-order chi connectivity index (χ0) is 14.5. The molecule has 0 spiro atoms. The summed E-state index contributed by atoms with van der Waals surface area (Å²) in [5.41, 5.74) is 1.74. The van der Waals surface area contributed by atoms with E-state index in [0.717, 1.165) is 24.3 Å². The van der Waals surface area contributed by atoms with Gasteiger partial charge in [-0.1, -0.05) is 11.6 Å². The Bertz CT molecular complexity index is 473. The molecule has 0 aliphatic carbocycles. The van der Waals surface area contributed by atoms with Gasteiger partial charge in [0.25, 0.3) is 0 Å². The fourth-order valence-corrected chi connectivity index (χ4v) is 2.50. The summed E-state index contributed by atoms with van der Waals surface area (Å²) < 4.78 is 0. The number of nitrogens with zero attached hydrogens (tertiary/aromatic N) is 2. The molecule has 6 heteroatoms. The van der Waals surface area contributed by atoms with E-state index in [0.29, 0.717) is 24.7 Å². The van der Waals surface area contributed by atoms with Crippen molar-refractivity contribution in [2.75, 3.05) is 44.6 Å². The van der Waals surface area contributed by atoms with Crippen molar-refractivity contribution in [1.82, 2.24) is 9.80 Å². The second kappa shape index (κ2) is 6.92. The van der Waals surface area contributed by atoms with E-state index in [-0.39, 0.29) is 12.6 Å². The number of β-amino-alcohol motifs (C(OH)–C–C–N with tert-alkyl or cyclic N) is 1. The van der Waals surface area contributed by atoms with E-state index in [1.165, 1.54) is 0 Å². The number of urea groups is 1. The number of amides is 2. The molecule has 1 saturated heterocycles. The molecule has 20 heavy (non-hydrogen) atoms. The summed E-state index contributed by atoms with van der Waals surface area (Å²) in [6, 6.07) is 5.33. The Morgan fingerprint density at radius 2 is 2.05 bits per heavy atom. The molecule has 0 bridgehead atoms. The number of aliphatic hydroxyl groups excluding tert-OH is 1. The van der Waals surface area contributed by atoms with Crippen LogP contribution in [0.5, 0.6) is 0 Å². The lowest BCUT2D eigenvalue weighted by Gasteiger charge is -2.34. The van der Waals surface area contributed by atoms with Gasteiger partial charge in [0.05, 0.1) is 6.61 Å². The largest absolute Gasteiger partial charge is 0.395 e. The standard InChI is InChI=1S/C14H20ClN3O2/c1-11-10-12(15)2-3-13(11)16-14(20)18-6-4-17(5-7-18)8-9-19/h2-3,10,19H,4-9H2,1H3,(H,16,20). The van der Waals surface area contributed by atoms with Gasteiger partial charge in [0, 0.05) is 43.4 Å². The third-order valence-corrected chi connectivity index (χ3v) is 3.74. The quantitative estimate of drug-likeness (QED) is 0.894. The number of carbonyl (C=O) groups is 1. The molecule has 0 atom stereocenters. The molecule has 5 nitrogen and oxygen atoms in total. The first-order chi connectivity index (χ1) is 9.60. The molecule has 1 aromatic carbocycles. The molecule has 0 saturated carbocycles. The summed E-state index contributed by atoms with van der Waals surface area (Å²) in [5.74, 6) is 0. The molecule has 1 fully saturated rings. The predicted molar refractivity (Wildman–Crippen MR) is 80.3 cm³/mol. The summed E-state index contributed by atoms with van der Waals surface area (Å²) >= 11 is 5.90. The monoisotopic (exact) mass is 297 g/mol. The lowest BCUT2D eigenvalue weighted by Crippen LogP contribution is -2.50. The predicted octanol–water partition coefficient (Wildman–Crippen LogP) is 1.79. The number of benzene rings is 1. The van der Waals surface area contributed by atoms with Crippen LogP contribution in [-0.2, 0) is 0 Å². The number of anilines is 1. The molecule has 110 valence electrons. The van der Waals surface area contributed by atoms with E-state index in [1.54, 1.807) is 11.0 Å². The van der Waals surface area contributed by atoms with Gasteiger partial charge in [0.15, 0.2) is 0 Å². The van der Waals surface area contributed by atoms with Crippen molar-refractivity contribution in [3.63, 3.8) is 0 Å². The van der Waals surface area contributed by atoms with Crippen LogP contribution in [0.4, 0.5) is 10.5 Å². The van der Waals surface area contributed by atoms with Crippen molar-refractivity contribution in [3.05, 3.63) is 28.8 Å². The minimum atomic E-state index is -0.0842. The fourth-order valence-electron chi connectivity index (χ4n) is 2.28. The number of halogens is 1. The first-order valence-electron chi connectivity index (χ1n) is 6.75. The topological polar surface area (TPSA) is 55.8 Å². The van der Waals surface area contributed by atoms with E-state index in [4.69, 9.17) is 16.7 Å². The van der Waals surface area contributed by atoms with Crippen LogP contribution >= 0.6 is 11.6 Å². The van der Waals surface area contributed by atoms with Crippen LogP contribution in [0.1, 0.15) is 5.56 Å². The van der Waals surface area contributed by atoms with Crippen LogP contribution in [-0.4, -0.2) is 60.3 Å². The zero-order valence-electron chi connectivity index (χ0n) is 11.6. The molecule has 1 aliphatic rings. The Morgan fingerprint density at radius 1 is 1.35 bits per heavy atom. The summed E-state index contributed by atoms with van der Waals surface area (Å²) in [6.07, 6.45) is 0. The minimum absolute atomic E-state index is 0.0842. The third kappa shape index (κ3) is 3.85. The average molecular weight is 298 g/mol. The maximum Gasteiger partial charge on any atom is 0.321 e. The molecular weight excluding hydrogens is 278 g/mol. The molecule has 0 aromatic heterocycles. The molecule has 0 unspecified atom stereocenters. The van der Waals surface area contributed by atoms with Gasteiger partial charge in [-0.05, 0) is 30.7 Å². The highest BCUT2D eigenvalue weighted by Crippen LogP contribution is 2.20. The van der Waals surface area contributed by atoms with Crippen LogP contribution in [0, 0.1) is 6.92 Å². The minimum Gasteiger partial charge on any atom is -0.395 e. The molecular formula is C14H20ClN3O2. The number of hydrogen-bond acceptors (Lipinski definition) is 3. The normalized spacial score (nSPS) is 16.2. The van der Waals surface area contributed by atoms with E-state index < -0.39 is 0 Å². The molecule has 2 N–H and O–H groups in total.